The highest BCUT2D eigenvalue weighted by molar-refractivity contribution is 5.81. The first-order chi connectivity index (χ1) is 11.7. The van der Waals surface area contributed by atoms with E-state index in [2.05, 4.69) is 16.0 Å². The third kappa shape index (κ3) is 5.85. The Morgan fingerprint density at radius 3 is 2.08 bits per heavy atom. The van der Waals surface area contributed by atoms with Gasteiger partial charge < -0.3 is 10.6 Å². The van der Waals surface area contributed by atoms with Crippen LogP contribution in [0, 0.1) is 0 Å². The minimum Gasteiger partial charge on any atom is -0.358 e. The number of carbonyl (C=O) groups excluding carboxylic acids is 2. The van der Waals surface area contributed by atoms with Gasteiger partial charge in [0.15, 0.2) is 0 Å². The number of carbonyl (C=O) groups is 2. The summed E-state index contributed by atoms with van der Waals surface area (Å²) in [6, 6.07) is 19.8. The summed E-state index contributed by atoms with van der Waals surface area (Å²) in [5.74, 6) is -0.282. The van der Waals surface area contributed by atoms with Gasteiger partial charge in [-0.3, -0.25) is 14.9 Å². The van der Waals surface area contributed by atoms with Gasteiger partial charge in [-0.05, 0) is 17.5 Å². The van der Waals surface area contributed by atoms with Crippen molar-refractivity contribution >= 4 is 11.8 Å². The van der Waals surface area contributed by atoms with Crippen LogP contribution in [-0.4, -0.2) is 32.0 Å². The Morgan fingerprint density at radius 2 is 1.46 bits per heavy atom. The van der Waals surface area contributed by atoms with Crippen LogP contribution in [0.2, 0.25) is 0 Å². The predicted octanol–water partition coefficient (Wildman–Crippen LogP) is 1.42. The molecule has 0 radical (unpaired) electrons. The molecule has 1 atom stereocenters. The molecular weight excluding hydrogens is 302 g/mol. The monoisotopic (exact) mass is 325 g/mol. The van der Waals surface area contributed by atoms with Crippen LogP contribution in [0.5, 0.6) is 0 Å². The molecule has 2 rings (SSSR count). The number of hydrogen-bond donors (Lipinski definition) is 3. The van der Waals surface area contributed by atoms with Crippen LogP contribution in [0.1, 0.15) is 17.2 Å². The van der Waals surface area contributed by atoms with Crippen molar-refractivity contribution in [1.82, 2.24) is 16.0 Å². The lowest BCUT2D eigenvalue weighted by molar-refractivity contribution is -0.121. The first kappa shape index (κ1) is 17.7. The van der Waals surface area contributed by atoms with Crippen molar-refractivity contribution < 1.29 is 9.59 Å². The van der Waals surface area contributed by atoms with Crippen LogP contribution in [0.15, 0.2) is 60.7 Å². The first-order valence-corrected chi connectivity index (χ1v) is 7.98. The van der Waals surface area contributed by atoms with E-state index in [1.807, 2.05) is 60.7 Å². The lowest BCUT2D eigenvalue weighted by Gasteiger charge is -2.19. The Labute approximate surface area is 142 Å². The van der Waals surface area contributed by atoms with Gasteiger partial charge in [0.1, 0.15) is 0 Å². The van der Waals surface area contributed by atoms with Crippen molar-refractivity contribution in [2.75, 3.05) is 20.1 Å². The zero-order valence-electron chi connectivity index (χ0n) is 13.8. The molecule has 0 aliphatic carbocycles. The van der Waals surface area contributed by atoms with Crippen LogP contribution in [0.4, 0.5) is 0 Å². The maximum absolute atomic E-state index is 12.2. The fraction of sp³-hybridized carbons (Fsp3) is 0.263. The van der Waals surface area contributed by atoms with Gasteiger partial charge in [0.05, 0.1) is 19.1 Å². The minimum atomic E-state index is -0.147. The molecular formula is C19H23N3O2. The van der Waals surface area contributed by atoms with Gasteiger partial charge in [-0.25, -0.2) is 0 Å². The van der Waals surface area contributed by atoms with E-state index in [1.54, 1.807) is 7.05 Å². The van der Waals surface area contributed by atoms with Gasteiger partial charge in [-0.1, -0.05) is 60.7 Å². The van der Waals surface area contributed by atoms with E-state index >= 15 is 0 Å². The van der Waals surface area contributed by atoms with E-state index in [4.69, 9.17) is 0 Å². The first-order valence-electron chi connectivity index (χ1n) is 7.98. The van der Waals surface area contributed by atoms with Crippen molar-refractivity contribution in [3.8, 4) is 0 Å². The summed E-state index contributed by atoms with van der Waals surface area (Å²) in [5.41, 5.74) is 2.21. The highest BCUT2D eigenvalue weighted by Crippen LogP contribution is 2.18. The normalized spacial score (nSPS) is 11.5. The van der Waals surface area contributed by atoms with E-state index in [0.29, 0.717) is 6.42 Å². The van der Waals surface area contributed by atoms with E-state index in [0.717, 1.165) is 11.1 Å². The molecule has 2 amide bonds. The topological polar surface area (TPSA) is 70.2 Å². The standard InChI is InChI=1S/C19H23N3O2/c1-20-18(23)13-21-14-19(24)22-17(16-10-6-3-7-11-16)12-15-8-4-2-5-9-15/h2-11,17,21H,12-14H2,1H3,(H,20,23)(H,22,24)/t17-/m1/s1. The average molecular weight is 325 g/mol. The average Bonchev–Trinajstić information content (AvgIpc) is 2.62. The second kappa shape index (κ2) is 9.47. The summed E-state index contributed by atoms with van der Waals surface area (Å²) >= 11 is 0. The number of nitrogens with one attached hydrogen (secondary N) is 3. The molecule has 0 aromatic heterocycles. The number of rotatable bonds is 8. The quantitative estimate of drug-likeness (QED) is 0.687. The molecule has 2 aromatic rings. The summed E-state index contributed by atoms with van der Waals surface area (Å²) in [6.45, 7) is 0.226. The molecule has 0 heterocycles. The van der Waals surface area contributed by atoms with E-state index in [1.165, 1.54) is 0 Å². The number of likely N-dealkylation sites (N-methyl/N-ethyl adjacent to an activating group) is 1. The molecule has 5 nitrogen and oxygen atoms in total. The summed E-state index contributed by atoms with van der Waals surface area (Å²) in [4.78, 5) is 23.4. The Bertz CT molecular complexity index is 644. The predicted molar refractivity (Wildman–Crippen MR) is 94.4 cm³/mol. The minimum absolute atomic E-state index is 0.103. The Morgan fingerprint density at radius 1 is 0.875 bits per heavy atom. The van der Waals surface area contributed by atoms with Gasteiger partial charge in [-0.15, -0.1) is 0 Å². The van der Waals surface area contributed by atoms with Crippen molar-refractivity contribution in [3.05, 3.63) is 71.8 Å². The van der Waals surface area contributed by atoms with E-state index in [9.17, 15) is 9.59 Å². The van der Waals surface area contributed by atoms with Crippen molar-refractivity contribution in [2.45, 2.75) is 12.5 Å². The highest BCUT2D eigenvalue weighted by Gasteiger charge is 2.15. The van der Waals surface area contributed by atoms with Crippen LogP contribution < -0.4 is 16.0 Å². The van der Waals surface area contributed by atoms with Gasteiger partial charge in [0.2, 0.25) is 11.8 Å². The maximum Gasteiger partial charge on any atom is 0.234 e. The third-order valence-corrected chi connectivity index (χ3v) is 3.67. The summed E-state index contributed by atoms with van der Waals surface area (Å²) in [6.07, 6.45) is 0.714. The number of benzene rings is 2. The lowest BCUT2D eigenvalue weighted by Crippen LogP contribution is -2.40. The zero-order chi connectivity index (χ0) is 17.2. The Kier molecular flexibility index (Phi) is 6.98. The van der Waals surface area contributed by atoms with Gasteiger partial charge in [0.25, 0.3) is 0 Å². The van der Waals surface area contributed by atoms with Gasteiger partial charge >= 0.3 is 0 Å². The SMILES string of the molecule is CNC(=O)CNCC(=O)N[C@H](Cc1ccccc1)c1ccccc1. The summed E-state index contributed by atoms with van der Waals surface area (Å²) in [7, 11) is 1.56. The fourth-order valence-corrected chi connectivity index (χ4v) is 2.41. The molecule has 126 valence electrons. The van der Waals surface area contributed by atoms with Gasteiger partial charge in [0, 0.05) is 7.05 Å². The molecule has 0 aliphatic heterocycles. The molecule has 0 spiro atoms. The van der Waals surface area contributed by atoms with Crippen molar-refractivity contribution in [2.24, 2.45) is 0 Å². The molecule has 24 heavy (non-hydrogen) atoms. The Hall–Kier alpha value is -2.66. The lowest BCUT2D eigenvalue weighted by atomic mass is 9.99. The second-order valence-corrected chi connectivity index (χ2v) is 5.50. The molecule has 0 unspecified atom stereocenters. The molecule has 5 heteroatoms. The summed E-state index contributed by atoms with van der Waals surface area (Å²) in [5, 5.41) is 8.38. The van der Waals surface area contributed by atoms with Crippen LogP contribution >= 0.6 is 0 Å². The molecule has 0 bridgehead atoms. The largest absolute Gasteiger partial charge is 0.358 e. The third-order valence-electron chi connectivity index (χ3n) is 3.67. The Balaban J connectivity index is 1.98. The molecule has 0 fully saturated rings. The van der Waals surface area contributed by atoms with Crippen LogP contribution in [0.3, 0.4) is 0 Å². The zero-order valence-corrected chi connectivity index (χ0v) is 13.8. The van der Waals surface area contributed by atoms with E-state index in [-0.39, 0.29) is 30.9 Å². The molecule has 2 aromatic carbocycles. The molecule has 3 N–H and O–H groups in total. The fourth-order valence-electron chi connectivity index (χ4n) is 2.41. The van der Waals surface area contributed by atoms with Crippen LogP contribution in [0.25, 0.3) is 0 Å². The van der Waals surface area contributed by atoms with Crippen molar-refractivity contribution in [3.63, 3.8) is 0 Å². The van der Waals surface area contributed by atoms with Crippen molar-refractivity contribution in [1.29, 1.82) is 0 Å². The second-order valence-electron chi connectivity index (χ2n) is 5.50. The summed E-state index contributed by atoms with van der Waals surface area (Å²) < 4.78 is 0. The maximum atomic E-state index is 12.2. The molecule has 0 saturated carbocycles. The number of amides is 2. The highest BCUT2D eigenvalue weighted by atomic mass is 16.2. The number of hydrogen-bond acceptors (Lipinski definition) is 3. The molecule has 0 saturated heterocycles. The molecule has 0 aliphatic rings. The van der Waals surface area contributed by atoms with Crippen LogP contribution in [-0.2, 0) is 16.0 Å². The van der Waals surface area contributed by atoms with E-state index < -0.39 is 0 Å². The van der Waals surface area contributed by atoms with Gasteiger partial charge in [-0.2, -0.15) is 0 Å². The smallest absolute Gasteiger partial charge is 0.234 e.